The molecule has 0 spiro atoms. The third kappa shape index (κ3) is 5.67. The Morgan fingerprint density at radius 2 is 1.10 bits per heavy atom. The van der Waals surface area contributed by atoms with E-state index in [1.165, 1.54) is 0 Å². The average Bonchev–Trinajstić information content (AvgIpc) is 2.75. The molecule has 0 amide bonds. The second-order valence-corrected chi connectivity index (χ2v) is 8.03. The summed E-state index contributed by atoms with van der Waals surface area (Å²) in [6, 6.07) is 31.2. The maximum atomic E-state index is 9.35. The summed E-state index contributed by atoms with van der Waals surface area (Å²) >= 11 is 3.20. The molecule has 4 nitrogen and oxygen atoms in total. The fourth-order valence-electron chi connectivity index (χ4n) is 2.44. The number of benzene rings is 3. The molecule has 3 aromatic carbocycles. The van der Waals surface area contributed by atoms with Crippen LogP contribution in [-0.2, 0) is 0 Å². The Labute approximate surface area is 178 Å². The van der Waals surface area contributed by atoms with Crippen molar-refractivity contribution in [3.63, 3.8) is 0 Å². The second kappa shape index (κ2) is 10.1. The fraction of sp³-hybridized carbons (Fsp3) is 0. The molecule has 0 radical (unpaired) electrons. The van der Waals surface area contributed by atoms with Gasteiger partial charge >= 0.3 is 0 Å². The third-order valence-corrected chi connectivity index (χ3v) is 5.65. The topological polar surface area (TPSA) is 83.4 Å². The largest absolute Gasteiger partial charge is 0.345 e. The number of nitrogens with zero attached hydrogens (tertiary/aromatic N) is 3. The van der Waals surface area contributed by atoms with Crippen LogP contribution in [0.5, 0.6) is 0 Å². The first-order valence-corrected chi connectivity index (χ1v) is 10.2. The molecule has 0 fully saturated rings. The molecule has 0 saturated carbocycles. The highest BCUT2D eigenvalue weighted by Crippen LogP contribution is 2.36. The summed E-state index contributed by atoms with van der Waals surface area (Å²) in [7, 11) is 0. The van der Waals surface area contributed by atoms with Gasteiger partial charge in [-0.05, 0) is 42.5 Å². The number of rotatable bonds is 6. The molecular weight excluding hydrogens is 396 g/mol. The standard InChI is InChI=1S/C23H14N4S2/c24-14-17(15-25)23(16-26)27-18-11-21(28-19-7-3-1-4-8-19)13-22(12-18)29-20-9-5-2-6-10-20/h1-13,27H. The predicted octanol–water partition coefficient (Wildman–Crippen LogP) is 6.23. The molecule has 1 N–H and O–H groups in total. The molecule has 0 heterocycles. The summed E-state index contributed by atoms with van der Waals surface area (Å²) in [5, 5.41) is 30.4. The Morgan fingerprint density at radius 1 is 0.621 bits per heavy atom. The van der Waals surface area contributed by atoms with Crippen molar-refractivity contribution >= 4 is 29.2 Å². The molecule has 0 atom stereocenters. The molecule has 3 rings (SSSR count). The minimum atomic E-state index is -0.245. The first-order chi connectivity index (χ1) is 14.2. The Hall–Kier alpha value is -3.63. The summed E-state index contributed by atoms with van der Waals surface area (Å²) in [5.41, 5.74) is 0.335. The lowest BCUT2D eigenvalue weighted by molar-refractivity contribution is 1.29. The summed E-state index contributed by atoms with van der Waals surface area (Å²) in [6.45, 7) is 0. The van der Waals surface area contributed by atoms with Crippen molar-refractivity contribution in [1.82, 2.24) is 0 Å². The molecule has 6 heteroatoms. The SMILES string of the molecule is N#CC(C#N)=C(C#N)Nc1cc(Sc2ccccc2)cc(Sc2ccccc2)c1. The normalized spacial score (nSPS) is 9.55. The molecule has 0 saturated heterocycles. The zero-order valence-corrected chi connectivity index (χ0v) is 16.8. The number of nitriles is 3. The van der Waals surface area contributed by atoms with Crippen molar-refractivity contribution in [1.29, 1.82) is 15.8 Å². The van der Waals surface area contributed by atoms with E-state index in [2.05, 4.69) is 11.4 Å². The average molecular weight is 411 g/mol. The van der Waals surface area contributed by atoms with Crippen LogP contribution in [0, 0.1) is 34.0 Å². The molecule has 0 unspecified atom stereocenters. The summed E-state index contributed by atoms with van der Waals surface area (Å²) in [6.07, 6.45) is 0. The van der Waals surface area contributed by atoms with Gasteiger partial charge in [0, 0.05) is 25.3 Å². The predicted molar refractivity (Wildman–Crippen MR) is 115 cm³/mol. The highest BCUT2D eigenvalue weighted by Gasteiger charge is 2.10. The van der Waals surface area contributed by atoms with Gasteiger partial charge in [0.15, 0.2) is 5.57 Å². The maximum Gasteiger partial charge on any atom is 0.163 e. The number of allylic oxidation sites excluding steroid dienone is 2. The number of hydrogen-bond acceptors (Lipinski definition) is 6. The smallest absolute Gasteiger partial charge is 0.163 e. The Bertz CT molecular complexity index is 1080. The van der Waals surface area contributed by atoms with E-state index in [0.717, 1.165) is 19.6 Å². The van der Waals surface area contributed by atoms with E-state index >= 15 is 0 Å². The van der Waals surface area contributed by atoms with Crippen LogP contribution >= 0.6 is 23.5 Å². The van der Waals surface area contributed by atoms with E-state index in [0.29, 0.717) is 5.69 Å². The molecule has 0 aliphatic carbocycles. The van der Waals surface area contributed by atoms with Gasteiger partial charge in [-0.2, -0.15) is 15.8 Å². The van der Waals surface area contributed by atoms with Crippen LogP contribution in [0.2, 0.25) is 0 Å². The van der Waals surface area contributed by atoms with Gasteiger partial charge in [0.1, 0.15) is 23.9 Å². The minimum absolute atomic E-state index is 0.0625. The number of hydrogen-bond donors (Lipinski definition) is 1. The lowest BCUT2D eigenvalue weighted by Gasteiger charge is -2.11. The van der Waals surface area contributed by atoms with Gasteiger partial charge in [0.25, 0.3) is 0 Å². The van der Waals surface area contributed by atoms with Crippen molar-refractivity contribution in [3.05, 3.63) is 90.1 Å². The van der Waals surface area contributed by atoms with Crippen molar-refractivity contribution in [2.45, 2.75) is 19.6 Å². The van der Waals surface area contributed by atoms with E-state index in [-0.39, 0.29) is 11.3 Å². The summed E-state index contributed by atoms with van der Waals surface area (Å²) in [4.78, 5) is 4.14. The summed E-state index contributed by atoms with van der Waals surface area (Å²) < 4.78 is 0. The number of nitrogens with one attached hydrogen (secondary N) is 1. The highest BCUT2D eigenvalue weighted by atomic mass is 32.2. The Balaban J connectivity index is 1.98. The number of anilines is 1. The molecule has 0 aliphatic heterocycles. The molecule has 3 aromatic rings. The van der Waals surface area contributed by atoms with Crippen LogP contribution in [-0.4, -0.2) is 0 Å². The van der Waals surface area contributed by atoms with Crippen molar-refractivity contribution in [3.8, 4) is 18.2 Å². The van der Waals surface area contributed by atoms with E-state index in [4.69, 9.17) is 10.5 Å². The monoisotopic (exact) mass is 410 g/mol. The molecule has 29 heavy (non-hydrogen) atoms. The van der Waals surface area contributed by atoms with Crippen LogP contribution in [0.1, 0.15) is 0 Å². The molecule has 0 bridgehead atoms. The fourth-order valence-corrected chi connectivity index (χ4v) is 4.39. The van der Waals surface area contributed by atoms with Crippen LogP contribution in [0.15, 0.2) is 110 Å². The Morgan fingerprint density at radius 3 is 1.52 bits per heavy atom. The van der Waals surface area contributed by atoms with E-state index in [1.54, 1.807) is 35.7 Å². The van der Waals surface area contributed by atoms with Crippen LogP contribution < -0.4 is 5.32 Å². The molecular formula is C23H14N4S2. The quantitative estimate of drug-likeness (QED) is 0.485. The van der Waals surface area contributed by atoms with Crippen LogP contribution in [0.4, 0.5) is 5.69 Å². The van der Waals surface area contributed by atoms with Crippen molar-refractivity contribution in [2.24, 2.45) is 0 Å². The molecule has 0 aliphatic rings. The second-order valence-electron chi connectivity index (χ2n) is 5.73. The van der Waals surface area contributed by atoms with E-state index in [1.807, 2.05) is 78.9 Å². The first kappa shape index (κ1) is 20.1. The highest BCUT2D eigenvalue weighted by molar-refractivity contribution is 8.00. The van der Waals surface area contributed by atoms with Crippen LogP contribution in [0.3, 0.4) is 0 Å². The van der Waals surface area contributed by atoms with Gasteiger partial charge in [-0.1, -0.05) is 59.9 Å². The molecule has 138 valence electrons. The Kier molecular flexibility index (Phi) is 6.98. The van der Waals surface area contributed by atoms with Crippen LogP contribution in [0.25, 0.3) is 0 Å². The van der Waals surface area contributed by atoms with Gasteiger partial charge in [0.05, 0.1) is 0 Å². The third-order valence-electron chi connectivity index (χ3n) is 3.69. The lowest BCUT2D eigenvalue weighted by Crippen LogP contribution is -2.01. The molecule has 0 aromatic heterocycles. The van der Waals surface area contributed by atoms with E-state index < -0.39 is 0 Å². The van der Waals surface area contributed by atoms with Gasteiger partial charge in [-0.3, -0.25) is 0 Å². The van der Waals surface area contributed by atoms with Gasteiger partial charge in [0.2, 0.25) is 0 Å². The van der Waals surface area contributed by atoms with Gasteiger partial charge in [-0.25, -0.2) is 0 Å². The van der Waals surface area contributed by atoms with Gasteiger partial charge in [-0.15, -0.1) is 0 Å². The summed E-state index contributed by atoms with van der Waals surface area (Å²) in [5.74, 6) is 0. The zero-order valence-electron chi connectivity index (χ0n) is 15.2. The van der Waals surface area contributed by atoms with E-state index in [9.17, 15) is 5.26 Å². The van der Waals surface area contributed by atoms with Gasteiger partial charge < -0.3 is 5.32 Å². The lowest BCUT2D eigenvalue weighted by atomic mass is 10.2. The minimum Gasteiger partial charge on any atom is -0.345 e. The van der Waals surface area contributed by atoms with Crippen molar-refractivity contribution < 1.29 is 0 Å². The first-order valence-electron chi connectivity index (χ1n) is 8.54. The maximum absolute atomic E-state index is 9.35. The zero-order chi connectivity index (χ0) is 20.5. The van der Waals surface area contributed by atoms with Crippen molar-refractivity contribution in [2.75, 3.05) is 5.32 Å².